The SMILES string of the molecule is C=CC(=O)C#CC#C[C@@H](O)C=CCCCCCCC. The Bertz CT molecular complexity index is 410. The minimum atomic E-state index is -0.816. The normalized spacial score (nSPS) is 11.1. The quantitative estimate of drug-likeness (QED) is 0.239. The Hall–Kier alpha value is -1.77. The molecule has 0 radical (unpaired) electrons. The van der Waals surface area contributed by atoms with Crippen LogP contribution in [0.5, 0.6) is 0 Å². The van der Waals surface area contributed by atoms with Crippen LogP contribution in [0, 0.1) is 23.7 Å². The van der Waals surface area contributed by atoms with Gasteiger partial charge in [0, 0.05) is 0 Å². The van der Waals surface area contributed by atoms with E-state index in [1.807, 2.05) is 6.08 Å². The molecule has 2 heteroatoms. The highest BCUT2D eigenvalue weighted by Crippen LogP contribution is 2.05. The van der Waals surface area contributed by atoms with Crippen LogP contribution in [0.3, 0.4) is 0 Å². The maximum Gasteiger partial charge on any atom is 0.229 e. The third kappa shape index (κ3) is 12.5. The summed E-state index contributed by atoms with van der Waals surface area (Å²) in [6.07, 6.45) is 11.1. The van der Waals surface area contributed by atoms with Gasteiger partial charge in [0.1, 0.15) is 6.10 Å². The lowest BCUT2D eigenvalue weighted by Gasteiger charge is -1.96. The number of rotatable bonds is 8. The third-order valence-corrected chi connectivity index (χ3v) is 2.45. The summed E-state index contributed by atoms with van der Waals surface area (Å²) in [5.74, 6) is 9.23. The summed E-state index contributed by atoms with van der Waals surface area (Å²) >= 11 is 0. The van der Waals surface area contributed by atoms with Crippen molar-refractivity contribution in [1.82, 2.24) is 0 Å². The van der Waals surface area contributed by atoms with Crippen molar-refractivity contribution in [1.29, 1.82) is 0 Å². The van der Waals surface area contributed by atoms with Crippen molar-refractivity contribution in [3.8, 4) is 23.7 Å². The van der Waals surface area contributed by atoms with Gasteiger partial charge in [0.15, 0.2) is 0 Å². The van der Waals surface area contributed by atoms with E-state index in [9.17, 15) is 9.90 Å². The van der Waals surface area contributed by atoms with Crippen LogP contribution >= 0.6 is 0 Å². The van der Waals surface area contributed by atoms with E-state index in [0.717, 1.165) is 18.9 Å². The van der Waals surface area contributed by atoms with Crippen LogP contribution in [0.1, 0.15) is 45.4 Å². The zero-order valence-corrected chi connectivity index (χ0v) is 11.6. The number of hydrogen-bond acceptors (Lipinski definition) is 2. The van der Waals surface area contributed by atoms with Crippen LogP contribution in [0.2, 0.25) is 0 Å². The second-order valence-electron chi connectivity index (χ2n) is 4.16. The van der Waals surface area contributed by atoms with Gasteiger partial charge < -0.3 is 5.11 Å². The lowest BCUT2D eigenvalue weighted by molar-refractivity contribution is -0.109. The molecule has 2 nitrogen and oxygen atoms in total. The summed E-state index contributed by atoms with van der Waals surface area (Å²) in [5, 5.41) is 9.48. The zero-order valence-electron chi connectivity index (χ0n) is 11.6. The zero-order chi connectivity index (χ0) is 14.3. The monoisotopic (exact) mass is 258 g/mol. The Morgan fingerprint density at radius 1 is 1.26 bits per heavy atom. The van der Waals surface area contributed by atoms with Crippen molar-refractivity contribution in [3.63, 3.8) is 0 Å². The molecular formula is C17H22O2. The fraction of sp³-hybridized carbons (Fsp3) is 0.471. The van der Waals surface area contributed by atoms with Gasteiger partial charge in [0.05, 0.1) is 0 Å². The number of aliphatic hydroxyl groups is 1. The number of allylic oxidation sites excluding steroid dienone is 2. The van der Waals surface area contributed by atoms with Crippen LogP contribution in [0.4, 0.5) is 0 Å². The Morgan fingerprint density at radius 2 is 2.00 bits per heavy atom. The van der Waals surface area contributed by atoms with Crippen LogP contribution in [-0.2, 0) is 4.79 Å². The van der Waals surface area contributed by atoms with Gasteiger partial charge in [0.25, 0.3) is 0 Å². The molecule has 0 heterocycles. The van der Waals surface area contributed by atoms with Crippen molar-refractivity contribution in [2.45, 2.75) is 51.6 Å². The lowest BCUT2D eigenvalue weighted by Crippen LogP contribution is -1.96. The molecule has 0 aliphatic rings. The molecule has 0 saturated heterocycles. The largest absolute Gasteiger partial charge is 0.377 e. The molecule has 0 aliphatic carbocycles. The minimum absolute atomic E-state index is 0.369. The fourth-order valence-corrected chi connectivity index (χ4v) is 1.39. The Balaban J connectivity index is 3.81. The molecule has 0 saturated carbocycles. The van der Waals surface area contributed by atoms with E-state index in [-0.39, 0.29) is 5.78 Å². The number of unbranched alkanes of at least 4 members (excludes halogenated alkanes) is 5. The van der Waals surface area contributed by atoms with Gasteiger partial charge in [-0.3, -0.25) is 4.79 Å². The molecule has 0 bridgehead atoms. The van der Waals surface area contributed by atoms with Crippen LogP contribution < -0.4 is 0 Å². The first kappa shape index (κ1) is 17.2. The van der Waals surface area contributed by atoms with Crippen molar-refractivity contribution in [2.75, 3.05) is 0 Å². The predicted molar refractivity (Wildman–Crippen MR) is 79.3 cm³/mol. The van der Waals surface area contributed by atoms with Crippen molar-refractivity contribution in [3.05, 3.63) is 24.8 Å². The van der Waals surface area contributed by atoms with Crippen molar-refractivity contribution < 1.29 is 9.90 Å². The standard InChI is InChI=1S/C17H22O2/c1-3-5-6-7-8-9-10-14-17(19)15-12-11-13-16(18)4-2/h4,10,14,17,19H,2-3,5-9H2,1H3/t17-/m0/s1. The highest BCUT2D eigenvalue weighted by Gasteiger charge is 1.90. The van der Waals surface area contributed by atoms with E-state index >= 15 is 0 Å². The third-order valence-electron chi connectivity index (χ3n) is 2.45. The molecule has 1 N–H and O–H groups in total. The summed E-state index contributed by atoms with van der Waals surface area (Å²) in [6.45, 7) is 5.49. The highest BCUT2D eigenvalue weighted by molar-refractivity contribution is 6.04. The second kappa shape index (κ2) is 12.7. The molecule has 19 heavy (non-hydrogen) atoms. The maximum atomic E-state index is 10.7. The van der Waals surface area contributed by atoms with Crippen LogP contribution in [0.25, 0.3) is 0 Å². The fourth-order valence-electron chi connectivity index (χ4n) is 1.39. The molecule has 102 valence electrons. The van der Waals surface area contributed by atoms with Crippen molar-refractivity contribution in [2.24, 2.45) is 0 Å². The van der Waals surface area contributed by atoms with E-state index < -0.39 is 6.10 Å². The second-order valence-corrected chi connectivity index (χ2v) is 4.16. The lowest BCUT2D eigenvalue weighted by atomic mass is 10.1. The molecule has 0 amide bonds. The first-order valence-corrected chi connectivity index (χ1v) is 6.73. The van der Waals surface area contributed by atoms with Crippen molar-refractivity contribution >= 4 is 5.78 Å². The Morgan fingerprint density at radius 3 is 2.68 bits per heavy atom. The molecule has 0 aliphatic heterocycles. The molecule has 1 atom stereocenters. The molecule has 0 aromatic rings. The Kier molecular flexibility index (Phi) is 11.5. The molecule has 0 rings (SSSR count). The molecule has 0 fully saturated rings. The predicted octanol–water partition coefficient (Wildman–Crippen LogP) is 3.03. The van der Waals surface area contributed by atoms with Crippen LogP contribution in [0.15, 0.2) is 24.8 Å². The average Bonchev–Trinajstić information content (AvgIpc) is 2.42. The number of aliphatic hydroxyl groups excluding tert-OH is 1. The highest BCUT2D eigenvalue weighted by atomic mass is 16.3. The van der Waals surface area contributed by atoms with E-state index in [1.54, 1.807) is 6.08 Å². The molecule has 0 aromatic heterocycles. The Labute approximate surface area is 116 Å². The average molecular weight is 258 g/mol. The number of hydrogen-bond donors (Lipinski definition) is 1. The van der Waals surface area contributed by atoms with Crippen LogP contribution in [-0.4, -0.2) is 17.0 Å². The van der Waals surface area contributed by atoms with Gasteiger partial charge in [-0.25, -0.2) is 0 Å². The summed E-state index contributed by atoms with van der Waals surface area (Å²) in [7, 11) is 0. The summed E-state index contributed by atoms with van der Waals surface area (Å²) in [5.41, 5.74) is 0. The smallest absolute Gasteiger partial charge is 0.229 e. The summed E-state index contributed by atoms with van der Waals surface area (Å²) < 4.78 is 0. The number of carbonyl (C=O) groups is 1. The topological polar surface area (TPSA) is 37.3 Å². The number of carbonyl (C=O) groups excluding carboxylic acids is 1. The van der Waals surface area contributed by atoms with Gasteiger partial charge in [0.2, 0.25) is 5.78 Å². The molecule has 0 unspecified atom stereocenters. The molecular weight excluding hydrogens is 236 g/mol. The van der Waals surface area contributed by atoms with Gasteiger partial charge in [-0.15, -0.1) is 0 Å². The summed E-state index contributed by atoms with van der Waals surface area (Å²) in [4.78, 5) is 10.7. The first-order chi connectivity index (χ1) is 9.20. The van der Waals surface area contributed by atoms with E-state index in [4.69, 9.17) is 0 Å². The van der Waals surface area contributed by atoms with E-state index in [0.29, 0.717) is 0 Å². The van der Waals surface area contributed by atoms with Gasteiger partial charge in [-0.05, 0) is 42.8 Å². The van der Waals surface area contributed by atoms with E-state index in [1.165, 1.54) is 25.7 Å². The molecule has 0 spiro atoms. The maximum absolute atomic E-state index is 10.7. The van der Waals surface area contributed by atoms with E-state index in [2.05, 4.69) is 37.2 Å². The minimum Gasteiger partial charge on any atom is -0.377 e. The summed E-state index contributed by atoms with van der Waals surface area (Å²) in [6, 6.07) is 0. The van der Waals surface area contributed by atoms with Gasteiger partial charge in [-0.2, -0.15) is 0 Å². The van der Waals surface area contributed by atoms with Gasteiger partial charge in [-0.1, -0.05) is 51.2 Å². The molecule has 0 aromatic carbocycles. The first-order valence-electron chi connectivity index (χ1n) is 6.73. The number of ketones is 1. The van der Waals surface area contributed by atoms with Gasteiger partial charge >= 0.3 is 0 Å².